The van der Waals surface area contributed by atoms with E-state index in [9.17, 15) is 20.1 Å². The van der Waals surface area contributed by atoms with E-state index in [-0.39, 0.29) is 39.6 Å². The minimum absolute atomic E-state index is 0.0417. The molecule has 0 heterocycles. The molecule has 0 amide bonds. The maximum Gasteiger partial charge on any atom is 0.309 e. The van der Waals surface area contributed by atoms with E-state index in [1.54, 1.807) is 0 Å². The molecule has 5 fully saturated rings. The Balaban J connectivity index is 1.56. The maximum absolute atomic E-state index is 12.7. The smallest absolute Gasteiger partial charge is 0.309 e. The normalized spacial score (nSPS) is 56.1. The lowest BCUT2D eigenvalue weighted by Gasteiger charge is -2.72. The third kappa shape index (κ3) is 2.80. The molecule has 188 valence electrons. The monoisotopic (exact) mass is 460 g/mol. The molecule has 5 rings (SSSR count). The highest BCUT2D eigenvalue weighted by molar-refractivity contribution is 5.76. The van der Waals surface area contributed by atoms with E-state index >= 15 is 0 Å². The lowest BCUT2D eigenvalue weighted by atomic mass is 9.32. The van der Waals surface area contributed by atoms with E-state index < -0.39 is 17.5 Å². The molecule has 0 bridgehead atoms. The third-order valence-electron chi connectivity index (χ3n) is 13.5. The lowest BCUT2D eigenvalue weighted by Crippen LogP contribution is -2.67. The standard InChI is InChI=1S/C29H48O4/c1-17(30)18-9-14-29(24(32)33)16-15-27(5)19(23(18)29)7-8-21-26(4)12-11-22(31)25(2,3)20(26)10-13-28(21,27)6/h17-23,30-31H,7-16H2,1-6H3,(H,32,33)/t17?,18-,19?,20?,21?,22-,23?,26-,27+,28+,29-/m0/s1. The first kappa shape index (κ1) is 24.1. The van der Waals surface area contributed by atoms with Crippen LogP contribution in [0.25, 0.3) is 0 Å². The highest BCUT2D eigenvalue weighted by Gasteiger charge is 2.72. The molecule has 5 saturated carbocycles. The summed E-state index contributed by atoms with van der Waals surface area (Å²) in [5.74, 6) is 1.16. The van der Waals surface area contributed by atoms with Gasteiger partial charge in [0.05, 0.1) is 17.6 Å². The second kappa shape index (κ2) is 7.21. The van der Waals surface area contributed by atoms with Gasteiger partial charge in [0, 0.05) is 0 Å². The molecule has 5 aliphatic rings. The van der Waals surface area contributed by atoms with Crippen LogP contribution >= 0.6 is 0 Å². The van der Waals surface area contributed by atoms with Crippen LogP contribution in [0.4, 0.5) is 0 Å². The first-order valence-corrected chi connectivity index (χ1v) is 13.9. The van der Waals surface area contributed by atoms with Crippen molar-refractivity contribution in [3.05, 3.63) is 0 Å². The maximum atomic E-state index is 12.7. The second-order valence-electron chi connectivity index (χ2n) is 14.5. The van der Waals surface area contributed by atoms with Crippen molar-refractivity contribution in [1.29, 1.82) is 0 Å². The number of rotatable bonds is 2. The van der Waals surface area contributed by atoms with E-state index in [1.165, 1.54) is 19.3 Å². The second-order valence-corrected chi connectivity index (χ2v) is 14.5. The highest BCUT2D eigenvalue weighted by atomic mass is 16.4. The lowest BCUT2D eigenvalue weighted by molar-refractivity contribution is -0.250. The fourth-order valence-electron chi connectivity index (χ4n) is 11.5. The predicted molar refractivity (Wildman–Crippen MR) is 129 cm³/mol. The summed E-state index contributed by atoms with van der Waals surface area (Å²) < 4.78 is 0. The summed E-state index contributed by atoms with van der Waals surface area (Å²) in [5, 5.41) is 32.0. The molecule has 5 aliphatic carbocycles. The van der Waals surface area contributed by atoms with Gasteiger partial charge in [-0.05, 0) is 122 Å². The number of aliphatic hydroxyl groups is 2. The van der Waals surface area contributed by atoms with E-state index in [4.69, 9.17) is 0 Å². The van der Waals surface area contributed by atoms with Gasteiger partial charge in [0.25, 0.3) is 0 Å². The Bertz CT molecular complexity index is 820. The summed E-state index contributed by atoms with van der Waals surface area (Å²) in [6, 6.07) is 0. The van der Waals surface area contributed by atoms with E-state index in [0.717, 1.165) is 44.9 Å². The average molecular weight is 461 g/mol. The van der Waals surface area contributed by atoms with Crippen LogP contribution in [0.2, 0.25) is 0 Å². The first-order valence-electron chi connectivity index (χ1n) is 13.9. The van der Waals surface area contributed by atoms with Crippen molar-refractivity contribution in [3.8, 4) is 0 Å². The molecule has 3 N–H and O–H groups in total. The van der Waals surface area contributed by atoms with Crippen molar-refractivity contribution in [2.45, 2.75) is 118 Å². The molecule has 0 aliphatic heterocycles. The fraction of sp³-hybridized carbons (Fsp3) is 0.966. The van der Waals surface area contributed by atoms with E-state index in [1.807, 2.05) is 6.92 Å². The Morgan fingerprint density at radius 1 is 0.818 bits per heavy atom. The van der Waals surface area contributed by atoms with E-state index in [0.29, 0.717) is 17.8 Å². The van der Waals surface area contributed by atoms with Crippen molar-refractivity contribution in [3.63, 3.8) is 0 Å². The summed E-state index contributed by atoms with van der Waals surface area (Å²) in [5.41, 5.74) is -0.126. The van der Waals surface area contributed by atoms with Gasteiger partial charge in [0.1, 0.15) is 0 Å². The highest BCUT2D eigenvalue weighted by Crippen LogP contribution is 2.77. The molecule has 0 spiro atoms. The molecule has 0 aromatic rings. The third-order valence-corrected chi connectivity index (χ3v) is 13.5. The van der Waals surface area contributed by atoms with Crippen LogP contribution in [0.5, 0.6) is 0 Å². The molecule has 0 saturated heterocycles. The van der Waals surface area contributed by atoms with Gasteiger partial charge in [-0.25, -0.2) is 0 Å². The van der Waals surface area contributed by atoms with Crippen molar-refractivity contribution in [2.75, 3.05) is 0 Å². The van der Waals surface area contributed by atoms with Gasteiger partial charge in [-0.3, -0.25) is 4.79 Å². The molecule has 5 unspecified atom stereocenters. The minimum Gasteiger partial charge on any atom is -0.481 e. The number of aliphatic hydroxyl groups excluding tert-OH is 2. The summed E-state index contributed by atoms with van der Waals surface area (Å²) in [4.78, 5) is 12.7. The predicted octanol–water partition coefficient (Wildman–Crippen LogP) is 5.89. The number of hydrogen-bond acceptors (Lipinski definition) is 3. The van der Waals surface area contributed by atoms with Gasteiger partial charge >= 0.3 is 5.97 Å². The van der Waals surface area contributed by atoms with Gasteiger partial charge in [-0.15, -0.1) is 0 Å². The quantitative estimate of drug-likeness (QED) is 0.480. The Morgan fingerprint density at radius 2 is 1.52 bits per heavy atom. The number of carboxylic acid groups (broad SMARTS) is 1. The summed E-state index contributed by atoms with van der Waals surface area (Å²) in [6.45, 7) is 14.1. The molecule has 11 atom stereocenters. The molecular weight excluding hydrogens is 412 g/mol. The van der Waals surface area contributed by atoms with Crippen LogP contribution in [0, 0.1) is 56.7 Å². The zero-order valence-electron chi connectivity index (χ0n) is 21.9. The summed E-state index contributed by atoms with van der Waals surface area (Å²) in [7, 11) is 0. The van der Waals surface area contributed by atoms with Gasteiger partial charge < -0.3 is 15.3 Å². The topological polar surface area (TPSA) is 77.8 Å². The molecule has 4 nitrogen and oxygen atoms in total. The van der Waals surface area contributed by atoms with Crippen molar-refractivity contribution >= 4 is 5.97 Å². The van der Waals surface area contributed by atoms with Crippen molar-refractivity contribution in [1.82, 2.24) is 0 Å². The zero-order chi connectivity index (χ0) is 24.2. The van der Waals surface area contributed by atoms with Crippen LogP contribution < -0.4 is 0 Å². The van der Waals surface area contributed by atoms with Crippen molar-refractivity contribution < 1.29 is 20.1 Å². The Morgan fingerprint density at radius 3 is 2.15 bits per heavy atom. The minimum atomic E-state index is -0.632. The molecule has 4 heteroatoms. The van der Waals surface area contributed by atoms with Crippen LogP contribution in [-0.2, 0) is 4.79 Å². The average Bonchev–Trinajstić information content (AvgIpc) is 3.13. The Kier molecular flexibility index (Phi) is 5.27. The zero-order valence-corrected chi connectivity index (χ0v) is 21.9. The SMILES string of the molecule is CC(O)[C@@H]1CC[C@]2(C(=O)O)CC[C@]3(C)C(CCC4[C@@]5(C)CC[C@H](O)C(C)(C)C5CC[C@]43C)C12. The van der Waals surface area contributed by atoms with Gasteiger partial charge in [-0.1, -0.05) is 34.6 Å². The van der Waals surface area contributed by atoms with Crippen LogP contribution in [0.3, 0.4) is 0 Å². The number of hydrogen-bond donors (Lipinski definition) is 3. The fourth-order valence-corrected chi connectivity index (χ4v) is 11.5. The molecule has 33 heavy (non-hydrogen) atoms. The Labute approximate surface area is 200 Å². The molecule has 0 aromatic carbocycles. The number of fused-ring (bicyclic) bond motifs is 7. The summed E-state index contributed by atoms with van der Waals surface area (Å²) in [6.07, 6.45) is 9.39. The number of carboxylic acids is 1. The van der Waals surface area contributed by atoms with Gasteiger partial charge in [0.2, 0.25) is 0 Å². The first-order chi connectivity index (χ1) is 15.3. The Hall–Kier alpha value is -0.610. The number of carbonyl (C=O) groups is 1. The van der Waals surface area contributed by atoms with Crippen LogP contribution in [-0.4, -0.2) is 33.5 Å². The summed E-state index contributed by atoms with van der Waals surface area (Å²) >= 11 is 0. The van der Waals surface area contributed by atoms with Gasteiger partial charge in [-0.2, -0.15) is 0 Å². The molecule has 0 radical (unpaired) electrons. The van der Waals surface area contributed by atoms with E-state index in [2.05, 4.69) is 34.6 Å². The molecule has 0 aromatic heterocycles. The van der Waals surface area contributed by atoms with Crippen LogP contribution in [0.1, 0.15) is 106 Å². The van der Waals surface area contributed by atoms with Crippen molar-refractivity contribution in [2.24, 2.45) is 56.7 Å². The molecular formula is C29H48O4. The number of aliphatic carboxylic acids is 1. The van der Waals surface area contributed by atoms with Gasteiger partial charge in [0.15, 0.2) is 0 Å². The van der Waals surface area contributed by atoms with Crippen LogP contribution in [0.15, 0.2) is 0 Å². The largest absolute Gasteiger partial charge is 0.481 e.